The minimum absolute atomic E-state index is 0.0732. The Labute approximate surface area is 131 Å². The monoisotopic (exact) mass is 314 g/mol. The highest BCUT2D eigenvalue weighted by molar-refractivity contribution is 5.81. The molecule has 1 fully saturated rings. The van der Waals surface area contributed by atoms with Crippen LogP contribution >= 0.6 is 0 Å². The lowest BCUT2D eigenvalue weighted by Crippen LogP contribution is -2.50. The van der Waals surface area contributed by atoms with Gasteiger partial charge in [-0.15, -0.1) is 0 Å². The van der Waals surface area contributed by atoms with E-state index in [0.717, 1.165) is 12.8 Å². The van der Waals surface area contributed by atoms with Gasteiger partial charge in [-0.05, 0) is 13.3 Å². The molecule has 7 nitrogen and oxygen atoms in total. The van der Waals surface area contributed by atoms with Gasteiger partial charge in [0.05, 0.1) is 19.6 Å². The highest BCUT2D eigenvalue weighted by Gasteiger charge is 2.24. The standard InChI is InChI=1S/C15H26N2O5/c1-3-5-12-22-14(19)7-6-13(18)16-8-10-17(11-9-16)15(20)21-4-2/h3-12H2,1-2H3. The molecule has 0 aromatic carbocycles. The number of nitrogens with zero attached hydrogens (tertiary/aromatic N) is 2. The Kier molecular flexibility index (Phi) is 8.32. The van der Waals surface area contributed by atoms with E-state index in [9.17, 15) is 14.4 Å². The Hall–Kier alpha value is -1.79. The van der Waals surface area contributed by atoms with Crippen LogP contribution in [-0.2, 0) is 19.1 Å². The fraction of sp³-hybridized carbons (Fsp3) is 0.800. The molecule has 0 saturated carbocycles. The first-order valence-corrected chi connectivity index (χ1v) is 7.93. The maximum absolute atomic E-state index is 12.0. The topological polar surface area (TPSA) is 76.2 Å². The van der Waals surface area contributed by atoms with Gasteiger partial charge in [-0.1, -0.05) is 13.3 Å². The molecule has 0 aromatic rings. The number of hydrogen-bond acceptors (Lipinski definition) is 5. The van der Waals surface area contributed by atoms with Crippen molar-refractivity contribution in [1.29, 1.82) is 0 Å². The SMILES string of the molecule is CCCCOC(=O)CCC(=O)N1CCN(C(=O)OCC)CC1. The summed E-state index contributed by atoms with van der Waals surface area (Å²) >= 11 is 0. The van der Waals surface area contributed by atoms with Crippen molar-refractivity contribution in [2.24, 2.45) is 0 Å². The molecule has 0 aromatic heterocycles. The summed E-state index contributed by atoms with van der Waals surface area (Å²) in [5.74, 6) is -0.400. The van der Waals surface area contributed by atoms with Gasteiger partial charge in [0, 0.05) is 32.6 Å². The highest BCUT2D eigenvalue weighted by atomic mass is 16.6. The molecule has 1 rings (SSSR count). The zero-order valence-electron chi connectivity index (χ0n) is 13.5. The van der Waals surface area contributed by atoms with E-state index in [0.29, 0.717) is 39.4 Å². The molecule has 0 bridgehead atoms. The van der Waals surface area contributed by atoms with E-state index >= 15 is 0 Å². The van der Waals surface area contributed by atoms with Crippen molar-refractivity contribution in [1.82, 2.24) is 9.80 Å². The molecule has 0 spiro atoms. The molecule has 1 saturated heterocycles. The van der Waals surface area contributed by atoms with Crippen LogP contribution in [0.25, 0.3) is 0 Å². The van der Waals surface area contributed by atoms with Gasteiger partial charge in [0.25, 0.3) is 0 Å². The van der Waals surface area contributed by atoms with E-state index in [-0.39, 0.29) is 30.8 Å². The second-order valence-electron chi connectivity index (χ2n) is 5.14. The number of ether oxygens (including phenoxy) is 2. The molecule has 0 unspecified atom stereocenters. The Morgan fingerprint density at radius 2 is 1.55 bits per heavy atom. The fourth-order valence-corrected chi connectivity index (χ4v) is 2.12. The fourth-order valence-electron chi connectivity index (χ4n) is 2.12. The highest BCUT2D eigenvalue weighted by Crippen LogP contribution is 2.07. The number of hydrogen-bond donors (Lipinski definition) is 0. The Morgan fingerprint density at radius 1 is 0.909 bits per heavy atom. The summed E-state index contributed by atoms with van der Waals surface area (Å²) in [6.07, 6.45) is 1.74. The second kappa shape index (κ2) is 10.0. The molecule has 0 atom stereocenters. The number of amides is 2. The quantitative estimate of drug-likeness (QED) is 0.524. The molecule has 0 N–H and O–H groups in total. The van der Waals surface area contributed by atoms with Gasteiger partial charge in [-0.25, -0.2) is 4.79 Å². The third-order valence-electron chi connectivity index (χ3n) is 3.46. The normalized spacial score (nSPS) is 14.6. The van der Waals surface area contributed by atoms with Crippen LogP contribution in [0.15, 0.2) is 0 Å². The smallest absolute Gasteiger partial charge is 0.409 e. The van der Waals surface area contributed by atoms with Crippen LogP contribution in [0, 0.1) is 0 Å². The van der Waals surface area contributed by atoms with Crippen molar-refractivity contribution in [3.8, 4) is 0 Å². The molecule has 126 valence electrons. The molecular formula is C15H26N2O5. The predicted octanol–water partition coefficient (Wildman–Crippen LogP) is 1.41. The molecule has 1 aliphatic heterocycles. The molecule has 0 radical (unpaired) electrons. The van der Waals surface area contributed by atoms with Crippen LogP contribution in [0.5, 0.6) is 0 Å². The number of carbonyl (C=O) groups is 3. The van der Waals surface area contributed by atoms with E-state index in [1.807, 2.05) is 6.92 Å². The zero-order chi connectivity index (χ0) is 16.4. The largest absolute Gasteiger partial charge is 0.466 e. The number of carbonyl (C=O) groups excluding carboxylic acids is 3. The van der Waals surface area contributed by atoms with E-state index < -0.39 is 0 Å². The second-order valence-corrected chi connectivity index (χ2v) is 5.14. The zero-order valence-corrected chi connectivity index (χ0v) is 13.5. The van der Waals surface area contributed by atoms with Crippen molar-refractivity contribution >= 4 is 18.0 Å². The van der Waals surface area contributed by atoms with Crippen LogP contribution in [-0.4, -0.2) is 67.2 Å². The van der Waals surface area contributed by atoms with Gasteiger partial charge >= 0.3 is 12.1 Å². The van der Waals surface area contributed by atoms with Crippen molar-refractivity contribution in [2.75, 3.05) is 39.4 Å². The number of piperazine rings is 1. The maximum atomic E-state index is 12.0. The average Bonchev–Trinajstić information content (AvgIpc) is 2.53. The van der Waals surface area contributed by atoms with Gasteiger partial charge in [0.15, 0.2) is 0 Å². The lowest BCUT2D eigenvalue weighted by Gasteiger charge is -2.34. The number of unbranched alkanes of at least 4 members (excludes halogenated alkanes) is 1. The summed E-state index contributed by atoms with van der Waals surface area (Å²) in [6.45, 7) is 6.42. The van der Waals surface area contributed by atoms with Crippen LogP contribution in [0.2, 0.25) is 0 Å². The molecule has 7 heteroatoms. The summed E-state index contributed by atoms with van der Waals surface area (Å²) in [4.78, 5) is 38.3. The minimum atomic E-state index is -0.339. The first-order chi connectivity index (χ1) is 10.6. The van der Waals surface area contributed by atoms with Crippen molar-refractivity contribution in [3.05, 3.63) is 0 Å². The van der Waals surface area contributed by atoms with Crippen LogP contribution in [0.4, 0.5) is 4.79 Å². The van der Waals surface area contributed by atoms with Crippen LogP contribution in [0.3, 0.4) is 0 Å². The molecule has 22 heavy (non-hydrogen) atoms. The molecule has 1 heterocycles. The summed E-state index contributed by atoms with van der Waals surface area (Å²) in [6, 6.07) is 0. The third kappa shape index (κ3) is 6.32. The molecular weight excluding hydrogens is 288 g/mol. The van der Waals surface area contributed by atoms with Crippen molar-refractivity contribution < 1.29 is 23.9 Å². The van der Waals surface area contributed by atoms with Gasteiger partial charge in [0.2, 0.25) is 5.91 Å². The van der Waals surface area contributed by atoms with Crippen LogP contribution < -0.4 is 0 Å². The maximum Gasteiger partial charge on any atom is 0.409 e. The Balaban J connectivity index is 2.22. The number of rotatable bonds is 7. The van der Waals surface area contributed by atoms with Gasteiger partial charge in [-0.2, -0.15) is 0 Å². The van der Waals surface area contributed by atoms with E-state index in [1.54, 1.807) is 16.7 Å². The Morgan fingerprint density at radius 3 is 2.14 bits per heavy atom. The first-order valence-electron chi connectivity index (χ1n) is 7.93. The first kappa shape index (κ1) is 18.3. The Bertz CT molecular complexity index is 378. The molecule has 1 aliphatic rings. The van der Waals surface area contributed by atoms with E-state index in [4.69, 9.17) is 9.47 Å². The van der Waals surface area contributed by atoms with E-state index in [1.165, 1.54) is 0 Å². The van der Waals surface area contributed by atoms with Gasteiger partial charge in [0.1, 0.15) is 0 Å². The van der Waals surface area contributed by atoms with Crippen molar-refractivity contribution in [2.45, 2.75) is 39.5 Å². The van der Waals surface area contributed by atoms with Crippen LogP contribution in [0.1, 0.15) is 39.5 Å². The predicted molar refractivity (Wildman–Crippen MR) is 80.3 cm³/mol. The average molecular weight is 314 g/mol. The third-order valence-corrected chi connectivity index (χ3v) is 3.46. The molecule has 2 amide bonds. The number of esters is 1. The lowest BCUT2D eigenvalue weighted by molar-refractivity contribution is -0.146. The van der Waals surface area contributed by atoms with Crippen molar-refractivity contribution in [3.63, 3.8) is 0 Å². The minimum Gasteiger partial charge on any atom is -0.466 e. The van der Waals surface area contributed by atoms with Gasteiger partial charge in [-0.3, -0.25) is 9.59 Å². The van der Waals surface area contributed by atoms with Gasteiger partial charge < -0.3 is 19.3 Å². The summed E-state index contributed by atoms with van der Waals surface area (Å²) in [7, 11) is 0. The van der Waals surface area contributed by atoms with E-state index in [2.05, 4.69) is 0 Å². The summed E-state index contributed by atoms with van der Waals surface area (Å²) in [5, 5.41) is 0. The molecule has 0 aliphatic carbocycles. The lowest BCUT2D eigenvalue weighted by atomic mass is 10.2. The summed E-state index contributed by atoms with van der Waals surface area (Å²) in [5.41, 5.74) is 0. The summed E-state index contributed by atoms with van der Waals surface area (Å²) < 4.78 is 9.94.